The van der Waals surface area contributed by atoms with E-state index in [9.17, 15) is 0 Å². The van der Waals surface area contributed by atoms with E-state index >= 15 is 0 Å². The van der Waals surface area contributed by atoms with Gasteiger partial charge in [-0.2, -0.15) is 0 Å². The van der Waals surface area contributed by atoms with Gasteiger partial charge in [-0.05, 0) is 97.0 Å². The van der Waals surface area contributed by atoms with Gasteiger partial charge in [0, 0.05) is 27.2 Å². The van der Waals surface area contributed by atoms with E-state index < -0.39 is 0 Å². The number of furan rings is 1. The summed E-state index contributed by atoms with van der Waals surface area (Å²) in [6.45, 7) is 0. The fourth-order valence-electron chi connectivity index (χ4n) is 8.46. The molecule has 0 amide bonds. The molecule has 50 heavy (non-hydrogen) atoms. The predicted molar refractivity (Wildman–Crippen MR) is 211 cm³/mol. The molecule has 9 aromatic carbocycles. The monoisotopic (exact) mass is 635 g/mol. The van der Waals surface area contributed by atoms with E-state index in [1.807, 2.05) is 12.1 Å². The molecule has 2 aromatic heterocycles. The van der Waals surface area contributed by atoms with Crippen LogP contribution in [0.1, 0.15) is 0 Å². The van der Waals surface area contributed by atoms with Crippen LogP contribution in [-0.4, -0.2) is 4.57 Å². The van der Waals surface area contributed by atoms with Crippen molar-refractivity contribution >= 4 is 76.1 Å². The molecule has 232 valence electrons. The van der Waals surface area contributed by atoms with E-state index in [1.165, 1.54) is 81.8 Å². The summed E-state index contributed by atoms with van der Waals surface area (Å²) < 4.78 is 8.62. The van der Waals surface area contributed by atoms with Gasteiger partial charge in [-0.15, -0.1) is 0 Å². The zero-order valence-corrected chi connectivity index (χ0v) is 27.1. The third kappa shape index (κ3) is 3.85. The van der Waals surface area contributed by atoms with Crippen LogP contribution in [0.25, 0.3) is 104 Å². The highest BCUT2D eigenvalue weighted by Crippen LogP contribution is 2.45. The smallest absolute Gasteiger partial charge is 0.136 e. The molecular weight excluding hydrogens is 607 g/mol. The lowest BCUT2D eigenvalue weighted by molar-refractivity contribution is 0.669. The molecule has 0 saturated carbocycles. The second-order valence-corrected chi connectivity index (χ2v) is 13.2. The highest BCUT2D eigenvalue weighted by molar-refractivity contribution is 6.23. The molecule has 2 heterocycles. The van der Waals surface area contributed by atoms with Crippen molar-refractivity contribution in [2.75, 3.05) is 0 Å². The van der Waals surface area contributed by atoms with Crippen LogP contribution in [0, 0.1) is 0 Å². The van der Waals surface area contributed by atoms with Crippen LogP contribution in [0.2, 0.25) is 0 Å². The third-order valence-electron chi connectivity index (χ3n) is 10.6. The Kier molecular flexibility index (Phi) is 5.70. The quantitative estimate of drug-likeness (QED) is 0.177. The standard InChI is InChI=1S/C48H29NO/c1-3-18-39-37(16-1)46(31-12-11-13-33(29-31)49-42-21-8-5-14-35(42)36-15-6-9-22-43(36)49)38-17-2-4-19-40(38)47(39)32-24-26-34-30(28-32)25-27-45-48(34)41-20-7-10-23-44(41)50-45/h1-29H. The van der Waals surface area contributed by atoms with Crippen LogP contribution >= 0.6 is 0 Å². The van der Waals surface area contributed by atoms with Crippen molar-refractivity contribution in [1.29, 1.82) is 0 Å². The highest BCUT2D eigenvalue weighted by atomic mass is 16.3. The summed E-state index contributed by atoms with van der Waals surface area (Å²) in [5, 5.41) is 12.3. The lowest BCUT2D eigenvalue weighted by Crippen LogP contribution is -1.95. The second-order valence-electron chi connectivity index (χ2n) is 13.2. The molecule has 0 fully saturated rings. The van der Waals surface area contributed by atoms with E-state index in [1.54, 1.807) is 0 Å². The van der Waals surface area contributed by atoms with E-state index in [0.717, 1.165) is 22.2 Å². The van der Waals surface area contributed by atoms with Crippen molar-refractivity contribution in [2.24, 2.45) is 0 Å². The normalized spacial score (nSPS) is 12.0. The van der Waals surface area contributed by atoms with Crippen molar-refractivity contribution in [2.45, 2.75) is 0 Å². The Balaban J connectivity index is 1.16. The van der Waals surface area contributed by atoms with Gasteiger partial charge in [0.2, 0.25) is 0 Å². The minimum Gasteiger partial charge on any atom is -0.456 e. The summed E-state index contributed by atoms with van der Waals surface area (Å²) in [4.78, 5) is 0. The number of benzene rings is 9. The maximum atomic E-state index is 6.22. The highest BCUT2D eigenvalue weighted by Gasteiger charge is 2.19. The Bertz CT molecular complexity index is 3050. The maximum absolute atomic E-state index is 6.22. The minimum atomic E-state index is 0.925. The lowest BCUT2D eigenvalue weighted by Gasteiger charge is -2.19. The van der Waals surface area contributed by atoms with Crippen molar-refractivity contribution in [3.63, 3.8) is 0 Å². The topological polar surface area (TPSA) is 18.1 Å². The number of fused-ring (bicyclic) bond motifs is 10. The largest absolute Gasteiger partial charge is 0.456 e. The van der Waals surface area contributed by atoms with Gasteiger partial charge in [0.25, 0.3) is 0 Å². The Hall–Kier alpha value is -6.64. The van der Waals surface area contributed by atoms with E-state index in [4.69, 9.17) is 4.42 Å². The molecule has 11 rings (SSSR count). The fourth-order valence-corrected chi connectivity index (χ4v) is 8.46. The molecule has 2 heteroatoms. The molecule has 0 aliphatic heterocycles. The third-order valence-corrected chi connectivity index (χ3v) is 10.6. The Labute approximate surface area is 288 Å². The first-order valence-electron chi connectivity index (χ1n) is 17.2. The van der Waals surface area contributed by atoms with Gasteiger partial charge in [-0.25, -0.2) is 0 Å². The molecule has 2 nitrogen and oxygen atoms in total. The first kappa shape index (κ1) is 27.3. The van der Waals surface area contributed by atoms with Crippen LogP contribution < -0.4 is 0 Å². The molecule has 0 N–H and O–H groups in total. The van der Waals surface area contributed by atoms with Crippen LogP contribution in [0.3, 0.4) is 0 Å². The number of para-hydroxylation sites is 3. The average Bonchev–Trinajstić information content (AvgIpc) is 3.73. The van der Waals surface area contributed by atoms with Crippen LogP contribution in [-0.2, 0) is 0 Å². The average molecular weight is 636 g/mol. The van der Waals surface area contributed by atoms with Crippen molar-refractivity contribution in [3.8, 4) is 27.9 Å². The number of hydrogen-bond donors (Lipinski definition) is 0. The zero-order chi connectivity index (χ0) is 32.8. The van der Waals surface area contributed by atoms with Gasteiger partial charge in [0.15, 0.2) is 0 Å². The second kappa shape index (κ2) is 10.4. The molecule has 0 spiro atoms. The SMILES string of the molecule is c1cc(-c2c3ccccc3c(-c3ccc4c(ccc5oc6ccccc6c54)c3)c3ccccc23)cc(-n2c3ccccc3c3ccccc32)c1. The van der Waals surface area contributed by atoms with Crippen LogP contribution in [0.5, 0.6) is 0 Å². The van der Waals surface area contributed by atoms with Gasteiger partial charge in [0.05, 0.1) is 11.0 Å². The Morgan fingerprint density at radius 3 is 1.52 bits per heavy atom. The molecule has 0 bridgehead atoms. The van der Waals surface area contributed by atoms with E-state index in [2.05, 4.69) is 168 Å². The van der Waals surface area contributed by atoms with Gasteiger partial charge in [-0.1, -0.05) is 133 Å². The van der Waals surface area contributed by atoms with Gasteiger partial charge in [-0.3, -0.25) is 0 Å². The van der Waals surface area contributed by atoms with Crippen LogP contribution in [0.15, 0.2) is 180 Å². The zero-order valence-electron chi connectivity index (χ0n) is 27.1. The number of aromatic nitrogens is 1. The first-order valence-corrected chi connectivity index (χ1v) is 17.2. The van der Waals surface area contributed by atoms with Gasteiger partial charge in [0.1, 0.15) is 11.2 Å². The summed E-state index contributed by atoms with van der Waals surface area (Å²) in [7, 11) is 0. The van der Waals surface area contributed by atoms with Crippen LogP contribution in [0.4, 0.5) is 0 Å². The summed E-state index contributed by atoms with van der Waals surface area (Å²) in [5.41, 5.74) is 10.4. The fraction of sp³-hybridized carbons (Fsp3) is 0. The lowest BCUT2D eigenvalue weighted by atomic mass is 9.85. The number of nitrogens with zero attached hydrogens (tertiary/aromatic N) is 1. The Morgan fingerprint density at radius 1 is 0.340 bits per heavy atom. The molecular formula is C48H29NO. The predicted octanol–water partition coefficient (Wildman–Crippen LogP) is 13.5. The van der Waals surface area contributed by atoms with Crippen molar-refractivity contribution < 1.29 is 4.42 Å². The molecule has 0 unspecified atom stereocenters. The van der Waals surface area contributed by atoms with Gasteiger partial charge >= 0.3 is 0 Å². The first-order chi connectivity index (χ1) is 24.8. The minimum absolute atomic E-state index is 0.925. The summed E-state index contributed by atoms with van der Waals surface area (Å²) in [6, 6.07) is 63.9. The Morgan fingerprint density at radius 2 is 0.880 bits per heavy atom. The van der Waals surface area contributed by atoms with Crippen molar-refractivity contribution in [3.05, 3.63) is 176 Å². The van der Waals surface area contributed by atoms with E-state index in [-0.39, 0.29) is 0 Å². The maximum Gasteiger partial charge on any atom is 0.136 e. The van der Waals surface area contributed by atoms with E-state index in [0.29, 0.717) is 0 Å². The summed E-state index contributed by atoms with van der Waals surface area (Å²) in [6.07, 6.45) is 0. The molecule has 0 atom stereocenters. The molecule has 0 radical (unpaired) electrons. The number of rotatable bonds is 3. The molecule has 11 aromatic rings. The van der Waals surface area contributed by atoms with Gasteiger partial charge < -0.3 is 8.98 Å². The summed E-state index contributed by atoms with van der Waals surface area (Å²) >= 11 is 0. The molecule has 0 aliphatic carbocycles. The van der Waals surface area contributed by atoms with Crippen molar-refractivity contribution in [1.82, 2.24) is 4.57 Å². The molecule has 0 saturated heterocycles. The number of hydrogen-bond acceptors (Lipinski definition) is 1. The summed E-state index contributed by atoms with van der Waals surface area (Å²) in [5.74, 6) is 0. The molecule has 0 aliphatic rings.